The minimum absolute atomic E-state index is 0.110. The van der Waals surface area contributed by atoms with Gasteiger partial charge in [-0.2, -0.15) is 0 Å². The van der Waals surface area contributed by atoms with Crippen molar-refractivity contribution in [3.8, 4) is 0 Å². The zero-order chi connectivity index (χ0) is 8.70. The molecule has 0 heterocycles. The molecule has 1 aliphatic rings. The molecule has 1 N–H and O–H groups in total. The van der Waals surface area contributed by atoms with Crippen molar-refractivity contribution in [1.29, 1.82) is 0 Å². The molecule has 0 aromatic heterocycles. The van der Waals surface area contributed by atoms with E-state index < -0.39 is 5.60 Å². The van der Waals surface area contributed by atoms with Crippen molar-refractivity contribution in [3.63, 3.8) is 0 Å². The first kappa shape index (κ1) is 8.72. The number of Topliss-reactive ketones (excluding diaryl/α,β-unsaturated/α-hetero) is 1. The summed E-state index contributed by atoms with van der Waals surface area (Å²) in [6.07, 6.45) is 1.75. The molecule has 0 spiro atoms. The van der Waals surface area contributed by atoms with E-state index in [4.69, 9.17) is 0 Å². The van der Waals surface area contributed by atoms with Crippen molar-refractivity contribution in [1.82, 2.24) is 0 Å². The predicted molar refractivity (Wildman–Crippen MR) is 43.3 cm³/mol. The van der Waals surface area contributed by atoms with Gasteiger partial charge in [0.1, 0.15) is 5.78 Å². The summed E-state index contributed by atoms with van der Waals surface area (Å²) in [5.41, 5.74) is -0.913. The van der Waals surface area contributed by atoms with E-state index in [0.717, 1.165) is 6.42 Å². The zero-order valence-electron chi connectivity index (χ0n) is 7.48. The van der Waals surface area contributed by atoms with E-state index in [9.17, 15) is 9.90 Å². The smallest absolute Gasteiger partial charge is 0.135 e. The van der Waals surface area contributed by atoms with Crippen LogP contribution in [-0.2, 0) is 4.79 Å². The monoisotopic (exact) mass is 156 g/mol. The summed E-state index contributed by atoms with van der Waals surface area (Å²) in [6, 6.07) is 0. The minimum atomic E-state index is -0.803. The normalized spacial score (nSPS) is 37.3. The fourth-order valence-corrected chi connectivity index (χ4v) is 1.43. The Morgan fingerprint density at radius 3 is 2.27 bits per heavy atom. The van der Waals surface area contributed by atoms with Gasteiger partial charge in [-0.1, -0.05) is 13.8 Å². The summed E-state index contributed by atoms with van der Waals surface area (Å²) in [7, 11) is 0. The SMILES string of the molecule is CC1(C)CCC(=O)CC1(C)O. The molecule has 1 rings (SSSR count). The van der Waals surface area contributed by atoms with Crippen molar-refractivity contribution in [3.05, 3.63) is 0 Å². The first-order valence-electron chi connectivity index (χ1n) is 4.09. The highest BCUT2D eigenvalue weighted by Crippen LogP contribution is 2.41. The highest BCUT2D eigenvalue weighted by molar-refractivity contribution is 5.80. The van der Waals surface area contributed by atoms with Crippen LogP contribution in [0.15, 0.2) is 0 Å². The summed E-state index contributed by atoms with van der Waals surface area (Å²) in [5.74, 6) is 0.189. The fraction of sp³-hybridized carbons (Fsp3) is 0.889. The maximum Gasteiger partial charge on any atom is 0.135 e. The average Bonchev–Trinajstić information content (AvgIpc) is 1.80. The molecule has 0 radical (unpaired) electrons. The first-order chi connectivity index (χ1) is 4.85. The molecule has 0 saturated heterocycles. The van der Waals surface area contributed by atoms with Crippen molar-refractivity contribution in [2.45, 2.75) is 45.6 Å². The molecule has 2 heteroatoms. The van der Waals surface area contributed by atoms with Crippen molar-refractivity contribution in [2.75, 3.05) is 0 Å². The predicted octanol–water partition coefficient (Wildman–Crippen LogP) is 1.52. The van der Waals surface area contributed by atoms with E-state index in [1.807, 2.05) is 13.8 Å². The Bertz CT molecular complexity index is 180. The van der Waals surface area contributed by atoms with E-state index in [2.05, 4.69) is 0 Å². The lowest BCUT2D eigenvalue weighted by Gasteiger charge is -2.43. The number of ketones is 1. The van der Waals surface area contributed by atoms with Gasteiger partial charge < -0.3 is 5.11 Å². The third kappa shape index (κ3) is 1.45. The van der Waals surface area contributed by atoms with Crippen LogP contribution in [0.5, 0.6) is 0 Å². The lowest BCUT2D eigenvalue weighted by molar-refractivity contribution is -0.139. The third-order valence-electron chi connectivity index (χ3n) is 3.03. The molecular formula is C9H16O2. The second kappa shape index (κ2) is 2.31. The molecule has 1 fully saturated rings. The maximum absolute atomic E-state index is 11.0. The van der Waals surface area contributed by atoms with Crippen LogP contribution < -0.4 is 0 Å². The van der Waals surface area contributed by atoms with Gasteiger partial charge in [-0.05, 0) is 18.8 Å². The van der Waals surface area contributed by atoms with Crippen LogP contribution in [0.25, 0.3) is 0 Å². The average molecular weight is 156 g/mol. The fourth-order valence-electron chi connectivity index (χ4n) is 1.43. The van der Waals surface area contributed by atoms with Crippen LogP contribution in [-0.4, -0.2) is 16.5 Å². The molecule has 64 valence electrons. The summed E-state index contributed by atoms with van der Waals surface area (Å²) in [6.45, 7) is 5.78. The Morgan fingerprint density at radius 2 is 1.91 bits per heavy atom. The number of carbonyl (C=O) groups excluding carboxylic acids is 1. The molecule has 1 saturated carbocycles. The highest BCUT2D eigenvalue weighted by atomic mass is 16.3. The van der Waals surface area contributed by atoms with Crippen molar-refractivity contribution >= 4 is 5.78 Å². The van der Waals surface area contributed by atoms with Crippen LogP contribution in [0.2, 0.25) is 0 Å². The second-order valence-corrected chi connectivity index (χ2v) is 4.37. The summed E-state index contributed by atoms with van der Waals surface area (Å²) < 4.78 is 0. The highest BCUT2D eigenvalue weighted by Gasteiger charge is 2.43. The maximum atomic E-state index is 11.0. The van der Waals surface area contributed by atoms with Gasteiger partial charge in [0.05, 0.1) is 5.60 Å². The Kier molecular flexibility index (Phi) is 1.83. The van der Waals surface area contributed by atoms with Crippen LogP contribution in [0, 0.1) is 5.41 Å². The molecule has 1 unspecified atom stereocenters. The van der Waals surface area contributed by atoms with Gasteiger partial charge in [0.15, 0.2) is 0 Å². The zero-order valence-corrected chi connectivity index (χ0v) is 7.48. The number of hydrogen-bond acceptors (Lipinski definition) is 2. The summed E-state index contributed by atoms with van der Waals surface area (Å²) >= 11 is 0. The van der Waals surface area contributed by atoms with Gasteiger partial charge in [0.25, 0.3) is 0 Å². The van der Waals surface area contributed by atoms with Gasteiger partial charge in [0.2, 0.25) is 0 Å². The van der Waals surface area contributed by atoms with Gasteiger partial charge >= 0.3 is 0 Å². The quantitative estimate of drug-likeness (QED) is 0.577. The number of hydrogen-bond donors (Lipinski definition) is 1. The first-order valence-corrected chi connectivity index (χ1v) is 4.09. The molecule has 11 heavy (non-hydrogen) atoms. The van der Waals surface area contributed by atoms with Crippen molar-refractivity contribution < 1.29 is 9.90 Å². The third-order valence-corrected chi connectivity index (χ3v) is 3.03. The largest absolute Gasteiger partial charge is 0.389 e. The Balaban J connectivity index is 2.80. The van der Waals surface area contributed by atoms with Gasteiger partial charge in [-0.15, -0.1) is 0 Å². The van der Waals surface area contributed by atoms with Crippen LogP contribution in [0.3, 0.4) is 0 Å². The van der Waals surface area contributed by atoms with E-state index >= 15 is 0 Å². The second-order valence-electron chi connectivity index (χ2n) is 4.37. The van der Waals surface area contributed by atoms with Crippen molar-refractivity contribution in [2.24, 2.45) is 5.41 Å². The molecule has 2 nitrogen and oxygen atoms in total. The van der Waals surface area contributed by atoms with E-state index in [1.54, 1.807) is 6.92 Å². The lowest BCUT2D eigenvalue weighted by Crippen LogP contribution is -2.47. The molecule has 1 aliphatic carbocycles. The van der Waals surface area contributed by atoms with Crippen LogP contribution >= 0.6 is 0 Å². The number of rotatable bonds is 0. The lowest BCUT2D eigenvalue weighted by atomic mass is 9.66. The Labute approximate surface area is 67.6 Å². The molecular weight excluding hydrogens is 140 g/mol. The van der Waals surface area contributed by atoms with E-state index in [0.29, 0.717) is 12.8 Å². The topological polar surface area (TPSA) is 37.3 Å². The molecule has 1 atom stereocenters. The molecule has 0 aromatic carbocycles. The van der Waals surface area contributed by atoms with Gasteiger partial charge in [-0.25, -0.2) is 0 Å². The summed E-state index contributed by atoms with van der Waals surface area (Å²) in [4.78, 5) is 11.0. The van der Waals surface area contributed by atoms with Gasteiger partial charge in [-0.3, -0.25) is 4.79 Å². The molecule has 0 aliphatic heterocycles. The van der Waals surface area contributed by atoms with Crippen LogP contribution in [0.1, 0.15) is 40.0 Å². The minimum Gasteiger partial charge on any atom is -0.389 e. The standard InChI is InChI=1S/C9H16O2/c1-8(2)5-4-7(10)6-9(8,3)11/h11H,4-6H2,1-3H3. The molecule has 0 bridgehead atoms. The summed E-state index contributed by atoms with van der Waals surface area (Å²) in [5, 5.41) is 9.85. The molecule has 0 aromatic rings. The Morgan fingerprint density at radius 1 is 1.36 bits per heavy atom. The Hall–Kier alpha value is -0.370. The molecule has 0 amide bonds. The van der Waals surface area contributed by atoms with E-state index in [-0.39, 0.29) is 11.2 Å². The number of carbonyl (C=O) groups is 1. The van der Waals surface area contributed by atoms with Gasteiger partial charge in [0, 0.05) is 12.8 Å². The van der Waals surface area contributed by atoms with Crippen LogP contribution in [0.4, 0.5) is 0 Å². The number of aliphatic hydroxyl groups is 1. The van der Waals surface area contributed by atoms with E-state index in [1.165, 1.54) is 0 Å².